The summed E-state index contributed by atoms with van der Waals surface area (Å²) in [5, 5.41) is 7.90. The molecule has 9 nitrogen and oxygen atoms in total. The number of carbonyl (C=O) groups is 4. The van der Waals surface area contributed by atoms with E-state index in [1.807, 2.05) is 4.90 Å². The number of imide groups is 1. The van der Waals surface area contributed by atoms with E-state index in [-0.39, 0.29) is 31.2 Å². The van der Waals surface area contributed by atoms with Crippen LogP contribution < -0.4 is 16.0 Å². The van der Waals surface area contributed by atoms with E-state index in [9.17, 15) is 19.2 Å². The van der Waals surface area contributed by atoms with Crippen LogP contribution in [-0.4, -0.2) is 72.3 Å². The molecule has 2 saturated heterocycles. The van der Waals surface area contributed by atoms with Crippen LogP contribution in [0.15, 0.2) is 24.3 Å². The average molecular weight is 408 g/mol. The summed E-state index contributed by atoms with van der Waals surface area (Å²) in [6.45, 7) is 2.43. The Morgan fingerprint density at radius 3 is 2.50 bits per heavy atom. The fraction of sp³-hybridized carbons (Fsp3) is 0.444. The zero-order chi connectivity index (χ0) is 20.1. The maximum Gasteiger partial charge on any atom is 0.322 e. The Bertz CT molecular complexity index is 779. The first kappa shape index (κ1) is 20.1. The Morgan fingerprint density at radius 2 is 1.86 bits per heavy atom. The Kier molecular flexibility index (Phi) is 6.48. The number of carbonyl (C=O) groups excluding carboxylic acids is 4. The second-order valence-electron chi connectivity index (χ2n) is 6.74. The molecule has 2 aliphatic rings. The Morgan fingerprint density at radius 1 is 1.14 bits per heavy atom. The molecular formula is C18H22ClN5O4. The van der Waals surface area contributed by atoms with Crippen molar-refractivity contribution in [3.05, 3.63) is 29.3 Å². The third kappa shape index (κ3) is 5.20. The number of hydrogen-bond donors (Lipinski definition) is 3. The van der Waals surface area contributed by atoms with Crippen LogP contribution in [0.4, 0.5) is 10.5 Å². The highest BCUT2D eigenvalue weighted by Gasteiger charge is 2.30. The van der Waals surface area contributed by atoms with Gasteiger partial charge in [0.05, 0.1) is 17.3 Å². The Hall–Kier alpha value is -2.65. The highest BCUT2D eigenvalue weighted by Crippen LogP contribution is 2.20. The summed E-state index contributed by atoms with van der Waals surface area (Å²) in [7, 11) is 0. The van der Waals surface area contributed by atoms with Crippen molar-refractivity contribution >= 4 is 41.0 Å². The van der Waals surface area contributed by atoms with Crippen LogP contribution in [0.3, 0.4) is 0 Å². The summed E-state index contributed by atoms with van der Waals surface area (Å²) in [6.07, 6.45) is 0.461. The molecule has 28 heavy (non-hydrogen) atoms. The Labute approximate surface area is 167 Å². The molecule has 0 aromatic heterocycles. The molecule has 5 amide bonds. The maximum absolute atomic E-state index is 12.3. The van der Waals surface area contributed by atoms with Crippen molar-refractivity contribution in [1.82, 2.24) is 20.4 Å². The van der Waals surface area contributed by atoms with Gasteiger partial charge in [-0.2, -0.15) is 0 Å². The molecule has 3 N–H and O–H groups in total. The van der Waals surface area contributed by atoms with Gasteiger partial charge in [-0.25, -0.2) is 4.79 Å². The molecule has 0 radical (unpaired) electrons. The van der Waals surface area contributed by atoms with E-state index in [1.165, 1.54) is 0 Å². The Balaban J connectivity index is 1.38. The standard InChI is InChI=1S/C18H22ClN5O4/c19-12-3-1-2-4-13(12)20-15(25)11-23-7-9-24(10-8-23)16(26)6-5-14-17(27)22-18(28)21-14/h1-4,14H,5-11H2,(H,20,25)(H2,21,22,27,28)/t14-/m1/s1. The number of benzene rings is 1. The SMILES string of the molecule is O=C(CN1CCN(C(=O)CC[C@H]2NC(=O)NC2=O)CC1)Nc1ccccc1Cl. The summed E-state index contributed by atoms with van der Waals surface area (Å²) in [6, 6.07) is 5.87. The molecule has 3 rings (SSSR count). The first-order valence-electron chi connectivity index (χ1n) is 9.08. The second-order valence-corrected chi connectivity index (χ2v) is 7.15. The van der Waals surface area contributed by atoms with E-state index in [1.54, 1.807) is 29.2 Å². The van der Waals surface area contributed by atoms with Crippen molar-refractivity contribution in [2.24, 2.45) is 0 Å². The fourth-order valence-corrected chi connectivity index (χ4v) is 3.38. The van der Waals surface area contributed by atoms with Gasteiger partial charge < -0.3 is 15.5 Å². The number of urea groups is 1. The topological polar surface area (TPSA) is 111 Å². The first-order chi connectivity index (χ1) is 13.4. The number of hydrogen-bond acceptors (Lipinski definition) is 5. The van der Waals surface area contributed by atoms with Crippen molar-refractivity contribution in [3.63, 3.8) is 0 Å². The van der Waals surface area contributed by atoms with Gasteiger partial charge in [-0.15, -0.1) is 0 Å². The van der Waals surface area contributed by atoms with Gasteiger partial charge in [-0.3, -0.25) is 24.6 Å². The third-order valence-corrected chi connectivity index (χ3v) is 5.08. The monoisotopic (exact) mass is 407 g/mol. The van der Waals surface area contributed by atoms with E-state index >= 15 is 0 Å². The van der Waals surface area contributed by atoms with Crippen LogP contribution in [0.1, 0.15) is 12.8 Å². The highest BCUT2D eigenvalue weighted by molar-refractivity contribution is 6.33. The minimum atomic E-state index is -0.647. The van der Waals surface area contributed by atoms with Gasteiger partial charge in [-0.1, -0.05) is 23.7 Å². The third-order valence-electron chi connectivity index (χ3n) is 4.75. The largest absolute Gasteiger partial charge is 0.340 e. The lowest BCUT2D eigenvalue weighted by Crippen LogP contribution is -2.50. The molecule has 2 aliphatic heterocycles. The number of nitrogens with zero attached hydrogens (tertiary/aromatic N) is 2. The summed E-state index contributed by atoms with van der Waals surface area (Å²) >= 11 is 6.04. The zero-order valence-corrected chi connectivity index (χ0v) is 16.0. The summed E-state index contributed by atoms with van der Waals surface area (Å²) in [5.41, 5.74) is 0.575. The molecule has 1 aromatic rings. The second kappa shape index (κ2) is 9.03. The van der Waals surface area contributed by atoms with Gasteiger partial charge in [0, 0.05) is 32.6 Å². The van der Waals surface area contributed by atoms with Crippen molar-refractivity contribution < 1.29 is 19.2 Å². The number of para-hydroxylation sites is 1. The number of anilines is 1. The minimum absolute atomic E-state index is 0.0610. The lowest BCUT2D eigenvalue weighted by molar-refractivity contribution is -0.133. The van der Waals surface area contributed by atoms with Gasteiger partial charge in [0.15, 0.2) is 0 Å². The average Bonchev–Trinajstić information content (AvgIpc) is 2.99. The minimum Gasteiger partial charge on any atom is -0.340 e. The van der Waals surface area contributed by atoms with Gasteiger partial charge in [0.1, 0.15) is 6.04 Å². The van der Waals surface area contributed by atoms with Crippen molar-refractivity contribution in [2.75, 3.05) is 38.0 Å². The molecule has 1 aromatic carbocycles. The van der Waals surface area contributed by atoms with Crippen molar-refractivity contribution in [3.8, 4) is 0 Å². The maximum atomic E-state index is 12.3. The summed E-state index contributed by atoms with van der Waals surface area (Å²) in [4.78, 5) is 50.8. The van der Waals surface area contributed by atoms with E-state index in [0.717, 1.165) is 0 Å². The highest BCUT2D eigenvalue weighted by atomic mass is 35.5. The molecule has 0 unspecified atom stereocenters. The van der Waals surface area contributed by atoms with E-state index in [0.29, 0.717) is 36.9 Å². The van der Waals surface area contributed by atoms with Crippen molar-refractivity contribution in [2.45, 2.75) is 18.9 Å². The van der Waals surface area contributed by atoms with Crippen LogP contribution in [-0.2, 0) is 14.4 Å². The van der Waals surface area contributed by atoms with E-state index in [4.69, 9.17) is 11.6 Å². The van der Waals surface area contributed by atoms with Crippen LogP contribution in [0.25, 0.3) is 0 Å². The fourth-order valence-electron chi connectivity index (χ4n) is 3.20. The predicted octanol–water partition coefficient (Wildman–Crippen LogP) is 0.411. The molecule has 0 aliphatic carbocycles. The molecule has 2 heterocycles. The molecular weight excluding hydrogens is 386 g/mol. The molecule has 150 valence electrons. The smallest absolute Gasteiger partial charge is 0.322 e. The van der Waals surface area contributed by atoms with Crippen LogP contribution in [0, 0.1) is 0 Å². The lowest BCUT2D eigenvalue weighted by Gasteiger charge is -2.34. The van der Waals surface area contributed by atoms with Gasteiger partial charge in [0.25, 0.3) is 5.91 Å². The number of rotatable bonds is 6. The number of amides is 5. The quantitative estimate of drug-likeness (QED) is 0.591. The van der Waals surface area contributed by atoms with Gasteiger partial charge >= 0.3 is 6.03 Å². The molecule has 1 atom stereocenters. The number of halogens is 1. The first-order valence-corrected chi connectivity index (χ1v) is 9.46. The van der Waals surface area contributed by atoms with Gasteiger partial charge in [0.2, 0.25) is 11.8 Å². The zero-order valence-electron chi connectivity index (χ0n) is 15.2. The molecule has 0 bridgehead atoms. The predicted molar refractivity (Wildman–Crippen MR) is 103 cm³/mol. The van der Waals surface area contributed by atoms with Crippen LogP contribution >= 0.6 is 11.6 Å². The molecule has 0 spiro atoms. The van der Waals surface area contributed by atoms with Crippen molar-refractivity contribution in [1.29, 1.82) is 0 Å². The van der Waals surface area contributed by atoms with E-state index < -0.39 is 18.0 Å². The molecule has 0 saturated carbocycles. The van der Waals surface area contributed by atoms with Gasteiger partial charge in [-0.05, 0) is 18.6 Å². The number of nitrogens with one attached hydrogen (secondary N) is 3. The van der Waals surface area contributed by atoms with Crippen LogP contribution in [0.5, 0.6) is 0 Å². The molecule has 2 fully saturated rings. The molecule has 10 heteroatoms. The lowest BCUT2D eigenvalue weighted by atomic mass is 10.1. The normalized spacial score (nSPS) is 19.9. The summed E-state index contributed by atoms with van der Waals surface area (Å²) < 4.78 is 0. The van der Waals surface area contributed by atoms with Crippen LogP contribution in [0.2, 0.25) is 5.02 Å². The summed E-state index contributed by atoms with van der Waals surface area (Å²) in [5.74, 6) is -0.614. The number of piperazine rings is 1. The van der Waals surface area contributed by atoms with E-state index in [2.05, 4.69) is 16.0 Å².